The Bertz CT molecular complexity index is 1140. The number of methoxy groups -OCH3 is 1. The first-order valence-corrected chi connectivity index (χ1v) is 9.89. The number of carbonyl (C=O) groups is 1. The minimum atomic E-state index is -0.0342. The summed E-state index contributed by atoms with van der Waals surface area (Å²) in [6.07, 6.45) is 2.28. The van der Waals surface area contributed by atoms with Crippen LogP contribution in [0.25, 0.3) is 16.2 Å². The third-order valence-corrected chi connectivity index (χ3v) is 5.78. The second-order valence-electron chi connectivity index (χ2n) is 6.71. The number of hydrogen-bond acceptors (Lipinski definition) is 4. The Morgan fingerprint density at radius 2 is 1.96 bits per heavy atom. The number of aromatic nitrogens is 2. The van der Waals surface area contributed by atoms with Crippen molar-refractivity contribution in [1.29, 1.82) is 0 Å². The maximum absolute atomic E-state index is 12.6. The van der Waals surface area contributed by atoms with Crippen LogP contribution in [0.3, 0.4) is 0 Å². The molecule has 0 fully saturated rings. The molecule has 0 saturated carbocycles. The zero-order valence-electron chi connectivity index (χ0n) is 16.0. The minimum Gasteiger partial charge on any atom is -0.497 e. The SMILES string of the molecule is COc1ccc(-c2cn3c(CC(=O)Nc4cccc(C)c4C)csc3n2)cc1. The molecule has 142 valence electrons. The normalized spacial score (nSPS) is 11.0. The van der Waals surface area contributed by atoms with Gasteiger partial charge in [-0.3, -0.25) is 9.20 Å². The average molecular weight is 391 g/mol. The molecular formula is C22H21N3O2S. The molecule has 0 atom stereocenters. The van der Waals surface area contributed by atoms with Crippen LogP contribution in [0.4, 0.5) is 5.69 Å². The van der Waals surface area contributed by atoms with Gasteiger partial charge in [-0.15, -0.1) is 11.3 Å². The zero-order valence-corrected chi connectivity index (χ0v) is 16.8. The Balaban J connectivity index is 1.55. The van der Waals surface area contributed by atoms with Crippen LogP contribution in [0.2, 0.25) is 0 Å². The average Bonchev–Trinajstić information content (AvgIpc) is 3.27. The van der Waals surface area contributed by atoms with E-state index in [0.29, 0.717) is 6.42 Å². The third kappa shape index (κ3) is 3.51. The van der Waals surface area contributed by atoms with E-state index in [1.54, 1.807) is 7.11 Å². The molecule has 0 aliphatic rings. The lowest BCUT2D eigenvalue weighted by Gasteiger charge is -2.10. The van der Waals surface area contributed by atoms with Gasteiger partial charge >= 0.3 is 0 Å². The topological polar surface area (TPSA) is 55.6 Å². The summed E-state index contributed by atoms with van der Waals surface area (Å²) in [4.78, 5) is 18.1. The Morgan fingerprint density at radius 1 is 1.18 bits per heavy atom. The van der Waals surface area contributed by atoms with Crippen molar-refractivity contribution >= 4 is 27.9 Å². The fourth-order valence-corrected chi connectivity index (χ4v) is 3.98. The number of anilines is 1. The smallest absolute Gasteiger partial charge is 0.230 e. The predicted octanol–water partition coefficient (Wildman–Crippen LogP) is 4.87. The molecule has 0 bridgehead atoms. The zero-order chi connectivity index (χ0) is 19.7. The summed E-state index contributed by atoms with van der Waals surface area (Å²) in [6.45, 7) is 4.06. The number of rotatable bonds is 5. The van der Waals surface area contributed by atoms with E-state index in [1.165, 1.54) is 11.3 Å². The van der Waals surface area contributed by atoms with E-state index in [9.17, 15) is 4.79 Å². The second kappa shape index (κ2) is 7.48. The maximum atomic E-state index is 12.6. The molecule has 2 aromatic carbocycles. The van der Waals surface area contributed by atoms with Gasteiger partial charge in [-0.05, 0) is 55.3 Å². The highest BCUT2D eigenvalue weighted by molar-refractivity contribution is 7.15. The van der Waals surface area contributed by atoms with Gasteiger partial charge in [0.05, 0.1) is 19.2 Å². The van der Waals surface area contributed by atoms with Crippen molar-refractivity contribution in [2.24, 2.45) is 0 Å². The monoisotopic (exact) mass is 391 g/mol. The molecule has 0 saturated heterocycles. The molecule has 0 radical (unpaired) electrons. The first-order valence-electron chi connectivity index (χ1n) is 9.01. The van der Waals surface area contributed by atoms with Crippen molar-refractivity contribution in [2.75, 3.05) is 12.4 Å². The molecule has 1 N–H and O–H groups in total. The van der Waals surface area contributed by atoms with Gasteiger partial charge in [-0.1, -0.05) is 12.1 Å². The van der Waals surface area contributed by atoms with Crippen molar-refractivity contribution in [2.45, 2.75) is 20.3 Å². The summed E-state index contributed by atoms with van der Waals surface area (Å²) in [6, 6.07) is 13.7. The molecule has 0 unspecified atom stereocenters. The second-order valence-corrected chi connectivity index (χ2v) is 7.54. The van der Waals surface area contributed by atoms with Crippen LogP contribution in [0.15, 0.2) is 54.0 Å². The van der Waals surface area contributed by atoms with E-state index in [0.717, 1.165) is 44.5 Å². The summed E-state index contributed by atoms with van der Waals surface area (Å²) in [5, 5.41) is 5.01. The van der Waals surface area contributed by atoms with Gasteiger partial charge in [0.25, 0.3) is 0 Å². The van der Waals surface area contributed by atoms with Gasteiger partial charge in [-0.2, -0.15) is 0 Å². The third-order valence-electron chi connectivity index (χ3n) is 4.89. The minimum absolute atomic E-state index is 0.0342. The van der Waals surface area contributed by atoms with Crippen LogP contribution in [0.1, 0.15) is 16.8 Å². The largest absolute Gasteiger partial charge is 0.497 e. The lowest BCUT2D eigenvalue weighted by atomic mass is 10.1. The number of carbonyl (C=O) groups excluding carboxylic acids is 1. The van der Waals surface area contributed by atoms with E-state index < -0.39 is 0 Å². The van der Waals surface area contributed by atoms with Gasteiger partial charge < -0.3 is 10.1 Å². The van der Waals surface area contributed by atoms with Crippen molar-refractivity contribution in [3.63, 3.8) is 0 Å². The number of thiazole rings is 1. The summed E-state index contributed by atoms with van der Waals surface area (Å²) >= 11 is 1.54. The van der Waals surface area contributed by atoms with Crippen LogP contribution in [-0.2, 0) is 11.2 Å². The van der Waals surface area contributed by atoms with Crippen molar-refractivity contribution < 1.29 is 9.53 Å². The van der Waals surface area contributed by atoms with Gasteiger partial charge in [0, 0.05) is 28.5 Å². The predicted molar refractivity (Wildman–Crippen MR) is 113 cm³/mol. The van der Waals surface area contributed by atoms with E-state index in [1.807, 2.05) is 72.3 Å². The van der Waals surface area contributed by atoms with E-state index in [4.69, 9.17) is 4.74 Å². The Labute approximate surface area is 167 Å². The maximum Gasteiger partial charge on any atom is 0.230 e. The quantitative estimate of drug-likeness (QED) is 0.528. The molecule has 4 aromatic rings. The van der Waals surface area contributed by atoms with Crippen LogP contribution in [0.5, 0.6) is 5.75 Å². The van der Waals surface area contributed by atoms with E-state index >= 15 is 0 Å². The number of ether oxygens (including phenoxy) is 1. The summed E-state index contributed by atoms with van der Waals surface area (Å²) in [7, 11) is 1.65. The van der Waals surface area contributed by atoms with E-state index in [2.05, 4.69) is 10.3 Å². The molecule has 1 amide bonds. The fourth-order valence-electron chi connectivity index (χ4n) is 3.10. The molecule has 6 heteroatoms. The van der Waals surface area contributed by atoms with Crippen LogP contribution in [-0.4, -0.2) is 22.4 Å². The highest BCUT2D eigenvalue weighted by atomic mass is 32.1. The highest BCUT2D eigenvalue weighted by Gasteiger charge is 2.13. The van der Waals surface area contributed by atoms with Crippen LogP contribution < -0.4 is 10.1 Å². The lowest BCUT2D eigenvalue weighted by Crippen LogP contribution is -2.16. The van der Waals surface area contributed by atoms with Crippen LogP contribution in [0, 0.1) is 13.8 Å². The number of aryl methyl sites for hydroxylation is 1. The summed E-state index contributed by atoms with van der Waals surface area (Å²) in [5.41, 5.74) is 5.94. The molecule has 0 aliphatic heterocycles. The number of nitrogens with one attached hydrogen (secondary N) is 1. The van der Waals surface area contributed by atoms with Gasteiger partial charge in [-0.25, -0.2) is 4.98 Å². The molecule has 2 heterocycles. The molecule has 0 aliphatic carbocycles. The summed E-state index contributed by atoms with van der Waals surface area (Å²) < 4.78 is 7.20. The molecule has 2 aromatic heterocycles. The van der Waals surface area contributed by atoms with E-state index in [-0.39, 0.29) is 5.91 Å². The molecule has 28 heavy (non-hydrogen) atoms. The first-order chi connectivity index (χ1) is 13.5. The molecular weight excluding hydrogens is 370 g/mol. The van der Waals surface area contributed by atoms with Crippen molar-refractivity contribution in [3.8, 4) is 17.0 Å². The molecule has 0 spiro atoms. The van der Waals surface area contributed by atoms with Crippen molar-refractivity contribution in [1.82, 2.24) is 9.38 Å². The van der Waals surface area contributed by atoms with Crippen molar-refractivity contribution in [3.05, 3.63) is 70.9 Å². The molecule has 4 rings (SSSR count). The Kier molecular flexibility index (Phi) is 4.88. The number of imidazole rings is 1. The number of fused-ring (bicyclic) bond motifs is 1. The first kappa shape index (κ1) is 18.3. The fraction of sp³-hybridized carbons (Fsp3) is 0.182. The van der Waals surface area contributed by atoms with Gasteiger partial charge in [0.15, 0.2) is 4.96 Å². The summed E-state index contributed by atoms with van der Waals surface area (Å²) in [5.74, 6) is 0.779. The number of nitrogens with zero attached hydrogens (tertiary/aromatic N) is 2. The van der Waals surface area contributed by atoms with Gasteiger partial charge in [0.1, 0.15) is 5.75 Å². The Hall–Kier alpha value is -3.12. The Morgan fingerprint density at radius 3 is 2.71 bits per heavy atom. The standard InChI is InChI=1S/C22H21N3O2S/c1-14-5-4-6-19(15(14)2)23-21(26)11-17-13-28-22-24-20(12-25(17)22)16-7-9-18(27-3)10-8-16/h4-10,12-13H,11H2,1-3H3,(H,23,26). The highest BCUT2D eigenvalue weighted by Crippen LogP contribution is 2.26. The molecule has 5 nitrogen and oxygen atoms in total. The number of benzene rings is 2. The number of hydrogen-bond donors (Lipinski definition) is 1. The lowest BCUT2D eigenvalue weighted by molar-refractivity contribution is -0.115. The number of amides is 1. The van der Waals surface area contributed by atoms with Crippen LogP contribution >= 0.6 is 11.3 Å². The van der Waals surface area contributed by atoms with Gasteiger partial charge in [0.2, 0.25) is 5.91 Å².